The van der Waals surface area contributed by atoms with E-state index in [4.69, 9.17) is 21.1 Å². The summed E-state index contributed by atoms with van der Waals surface area (Å²) in [5, 5.41) is 0.903. The van der Waals surface area contributed by atoms with Crippen molar-refractivity contribution in [1.82, 2.24) is 9.97 Å². The zero-order chi connectivity index (χ0) is 20.4. The molecule has 0 N–H and O–H groups in total. The number of carbonyl (C=O) groups excluding carboxylic acids is 2. The number of rotatable bonds is 5. The third-order valence-electron chi connectivity index (χ3n) is 4.61. The van der Waals surface area contributed by atoms with Crippen molar-refractivity contribution < 1.29 is 19.1 Å². The summed E-state index contributed by atoms with van der Waals surface area (Å²) in [5.41, 5.74) is 0.774. The summed E-state index contributed by atoms with van der Waals surface area (Å²) in [5.74, 6) is -0.115. The molecule has 3 rings (SSSR count). The van der Waals surface area contributed by atoms with Crippen molar-refractivity contribution in [3.63, 3.8) is 0 Å². The summed E-state index contributed by atoms with van der Waals surface area (Å²) in [4.78, 5) is 36.6. The summed E-state index contributed by atoms with van der Waals surface area (Å²) < 4.78 is 10.5. The molecule has 9 heteroatoms. The predicted octanol–water partition coefficient (Wildman–Crippen LogP) is 4.00. The van der Waals surface area contributed by atoms with Gasteiger partial charge >= 0.3 is 11.9 Å². The molecular weight excluding hydrogens is 402 g/mol. The normalized spacial score (nSPS) is 17.2. The predicted molar refractivity (Wildman–Crippen MR) is 109 cm³/mol. The van der Waals surface area contributed by atoms with E-state index in [9.17, 15) is 9.59 Å². The van der Waals surface area contributed by atoms with Crippen LogP contribution in [0.5, 0.6) is 0 Å². The first-order valence-corrected chi connectivity index (χ1v) is 10.6. The number of piperidine rings is 1. The first-order chi connectivity index (χ1) is 13.3. The van der Waals surface area contributed by atoms with Gasteiger partial charge in [-0.05, 0) is 57.7 Å². The van der Waals surface area contributed by atoms with Crippen molar-refractivity contribution in [1.29, 1.82) is 0 Å². The van der Waals surface area contributed by atoms with Crippen LogP contribution < -0.4 is 4.90 Å². The summed E-state index contributed by atoms with van der Waals surface area (Å²) in [6.07, 6.45) is 1.42. The van der Waals surface area contributed by atoms with E-state index < -0.39 is 0 Å². The minimum absolute atomic E-state index is 0.116. The Kier molecular flexibility index (Phi) is 6.40. The molecule has 2 aromatic heterocycles. The average Bonchev–Trinajstić information content (AvgIpc) is 2.97. The molecule has 0 radical (unpaired) electrons. The van der Waals surface area contributed by atoms with Gasteiger partial charge < -0.3 is 14.4 Å². The number of aryl methyl sites for hydroxylation is 1. The van der Waals surface area contributed by atoms with Crippen LogP contribution >= 0.6 is 22.9 Å². The van der Waals surface area contributed by atoms with Crippen molar-refractivity contribution in [3.8, 4) is 0 Å². The Bertz CT molecular complexity index is 899. The molecule has 1 fully saturated rings. The fourth-order valence-electron chi connectivity index (χ4n) is 3.41. The van der Waals surface area contributed by atoms with Gasteiger partial charge in [0, 0.05) is 13.1 Å². The van der Waals surface area contributed by atoms with Gasteiger partial charge in [-0.1, -0.05) is 0 Å². The van der Waals surface area contributed by atoms with Gasteiger partial charge in [0.05, 0.1) is 24.0 Å². The smallest absolute Gasteiger partial charge is 0.348 e. The SMILES string of the molecule is CCOC(=O)C1CCCN(c2nc(Cl)nc3sc(C(=O)OC(C)C)c(C)c23)C1. The molecule has 28 heavy (non-hydrogen) atoms. The highest BCUT2D eigenvalue weighted by atomic mass is 35.5. The standard InChI is InChI=1S/C19H24ClN3O4S/c1-5-26-17(24)12-7-6-8-23(9-12)15-13-11(4)14(18(25)27-10(2)3)28-16(13)22-19(20)21-15/h10,12H,5-9H2,1-4H3. The maximum Gasteiger partial charge on any atom is 0.348 e. The zero-order valence-corrected chi connectivity index (χ0v) is 18.0. The van der Waals surface area contributed by atoms with Crippen molar-refractivity contribution in [3.05, 3.63) is 15.7 Å². The number of nitrogens with zero attached hydrogens (tertiary/aromatic N) is 3. The summed E-state index contributed by atoms with van der Waals surface area (Å²) in [6.45, 7) is 8.91. The van der Waals surface area contributed by atoms with Gasteiger partial charge in [0.1, 0.15) is 15.5 Å². The van der Waals surface area contributed by atoms with Crippen LogP contribution in [-0.4, -0.2) is 47.7 Å². The molecule has 1 atom stereocenters. The van der Waals surface area contributed by atoms with Gasteiger partial charge in [-0.2, -0.15) is 4.98 Å². The molecular formula is C19H24ClN3O4S. The molecule has 1 aliphatic heterocycles. The van der Waals surface area contributed by atoms with Crippen LogP contribution in [0.25, 0.3) is 10.2 Å². The van der Waals surface area contributed by atoms with E-state index in [1.807, 2.05) is 25.7 Å². The lowest BCUT2D eigenvalue weighted by Gasteiger charge is -2.32. The fraction of sp³-hybridized carbons (Fsp3) is 0.579. The summed E-state index contributed by atoms with van der Waals surface area (Å²) >= 11 is 7.42. The molecule has 1 unspecified atom stereocenters. The third-order valence-corrected chi connectivity index (χ3v) is 5.95. The number of fused-ring (bicyclic) bond motifs is 1. The lowest BCUT2D eigenvalue weighted by atomic mass is 9.98. The molecule has 0 aliphatic carbocycles. The lowest BCUT2D eigenvalue weighted by Crippen LogP contribution is -2.40. The number of anilines is 1. The van der Waals surface area contributed by atoms with Crippen molar-refractivity contribution in [2.24, 2.45) is 5.92 Å². The van der Waals surface area contributed by atoms with Crippen LogP contribution in [0, 0.1) is 12.8 Å². The van der Waals surface area contributed by atoms with Crippen LogP contribution in [0.1, 0.15) is 48.8 Å². The molecule has 0 aromatic carbocycles. The van der Waals surface area contributed by atoms with Gasteiger partial charge in [-0.15, -0.1) is 11.3 Å². The third kappa shape index (κ3) is 4.22. The van der Waals surface area contributed by atoms with Crippen LogP contribution in [-0.2, 0) is 14.3 Å². The molecule has 1 saturated heterocycles. The number of ether oxygens (including phenoxy) is 2. The van der Waals surface area contributed by atoms with Crippen molar-refractivity contribution in [2.75, 3.05) is 24.6 Å². The first kappa shape index (κ1) is 20.8. The minimum atomic E-state index is -0.374. The molecule has 7 nitrogen and oxygen atoms in total. The number of hydrogen-bond donors (Lipinski definition) is 0. The Hall–Kier alpha value is -1.93. The number of thiophene rings is 1. The topological polar surface area (TPSA) is 81.6 Å². The van der Waals surface area contributed by atoms with Crippen LogP contribution in [0.4, 0.5) is 5.82 Å². The second kappa shape index (κ2) is 8.61. The monoisotopic (exact) mass is 425 g/mol. The van der Waals surface area contributed by atoms with Crippen LogP contribution in [0.2, 0.25) is 5.28 Å². The van der Waals surface area contributed by atoms with Crippen LogP contribution in [0.15, 0.2) is 0 Å². The number of halogens is 1. The van der Waals surface area contributed by atoms with E-state index in [0.29, 0.717) is 28.7 Å². The van der Waals surface area contributed by atoms with Gasteiger partial charge in [-0.25, -0.2) is 9.78 Å². The van der Waals surface area contributed by atoms with E-state index in [1.54, 1.807) is 6.92 Å². The second-order valence-electron chi connectivity index (χ2n) is 7.04. The molecule has 2 aromatic rings. The van der Waals surface area contributed by atoms with E-state index in [-0.39, 0.29) is 29.2 Å². The molecule has 0 amide bonds. The Labute approximate surface area is 173 Å². The highest BCUT2D eigenvalue weighted by molar-refractivity contribution is 7.20. The van der Waals surface area contributed by atoms with E-state index in [2.05, 4.69) is 9.97 Å². The zero-order valence-electron chi connectivity index (χ0n) is 16.5. The van der Waals surface area contributed by atoms with Crippen LogP contribution in [0.3, 0.4) is 0 Å². The van der Waals surface area contributed by atoms with Gasteiger partial charge in [0.15, 0.2) is 0 Å². The van der Waals surface area contributed by atoms with Gasteiger partial charge in [0.2, 0.25) is 5.28 Å². The van der Waals surface area contributed by atoms with Gasteiger partial charge in [-0.3, -0.25) is 4.79 Å². The quantitative estimate of drug-likeness (QED) is 0.529. The van der Waals surface area contributed by atoms with Gasteiger partial charge in [0.25, 0.3) is 0 Å². The Morgan fingerprint density at radius 1 is 1.36 bits per heavy atom. The first-order valence-electron chi connectivity index (χ1n) is 9.41. The minimum Gasteiger partial charge on any atom is -0.466 e. The number of aromatic nitrogens is 2. The molecule has 0 saturated carbocycles. The molecule has 0 spiro atoms. The van der Waals surface area contributed by atoms with E-state index >= 15 is 0 Å². The number of esters is 2. The summed E-state index contributed by atoms with van der Waals surface area (Å²) in [7, 11) is 0. The number of carbonyl (C=O) groups is 2. The second-order valence-corrected chi connectivity index (χ2v) is 8.38. The highest BCUT2D eigenvalue weighted by Crippen LogP contribution is 2.38. The Morgan fingerprint density at radius 3 is 2.79 bits per heavy atom. The molecule has 1 aliphatic rings. The fourth-order valence-corrected chi connectivity index (χ4v) is 4.68. The van der Waals surface area contributed by atoms with E-state index in [1.165, 1.54) is 11.3 Å². The molecule has 152 valence electrons. The van der Waals surface area contributed by atoms with E-state index in [0.717, 1.165) is 30.3 Å². The Balaban J connectivity index is 2.00. The van der Waals surface area contributed by atoms with Crippen molar-refractivity contribution >= 4 is 50.9 Å². The average molecular weight is 426 g/mol. The maximum absolute atomic E-state index is 12.5. The molecule has 0 bridgehead atoms. The largest absolute Gasteiger partial charge is 0.466 e. The molecule has 3 heterocycles. The van der Waals surface area contributed by atoms with Crippen molar-refractivity contribution in [2.45, 2.75) is 46.6 Å². The highest BCUT2D eigenvalue weighted by Gasteiger charge is 2.30. The Morgan fingerprint density at radius 2 is 2.11 bits per heavy atom. The lowest BCUT2D eigenvalue weighted by molar-refractivity contribution is -0.148. The number of hydrogen-bond acceptors (Lipinski definition) is 8. The summed E-state index contributed by atoms with van der Waals surface area (Å²) in [6, 6.07) is 0. The maximum atomic E-state index is 12.5.